The van der Waals surface area contributed by atoms with Crippen molar-refractivity contribution in [1.29, 1.82) is 0 Å². The van der Waals surface area contributed by atoms with Crippen LogP contribution >= 0.6 is 0 Å². The van der Waals surface area contributed by atoms with E-state index in [-0.39, 0.29) is 24.5 Å². The topological polar surface area (TPSA) is 68.0 Å². The summed E-state index contributed by atoms with van der Waals surface area (Å²) in [6.07, 6.45) is -0.388. The van der Waals surface area contributed by atoms with E-state index < -0.39 is 5.82 Å². The molecule has 1 saturated heterocycles. The van der Waals surface area contributed by atoms with Crippen LogP contribution in [0.3, 0.4) is 0 Å². The summed E-state index contributed by atoms with van der Waals surface area (Å²) in [6, 6.07) is 2.83. The molecule has 0 aromatic heterocycles. The van der Waals surface area contributed by atoms with Gasteiger partial charge in [-0.1, -0.05) is 0 Å². The van der Waals surface area contributed by atoms with Crippen molar-refractivity contribution in [3.05, 3.63) is 17.9 Å². The minimum atomic E-state index is -0.399. The van der Waals surface area contributed by atoms with Gasteiger partial charge in [0.1, 0.15) is 11.6 Å². The third-order valence-electron chi connectivity index (χ3n) is 3.17. The number of methoxy groups -OCH3 is 1. The first-order chi connectivity index (χ1) is 9.05. The van der Waals surface area contributed by atoms with E-state index in [2.05, 4.69) is 0 Å². The molecule has 0 amide bonds. The van der Waals surface area contributed by atoms with Crippen molar-refractivity contribution in [2.24, 2.45) is 0 Å². The number of ether oxygens (including phenoxy) is 2. The first kappa shape index (κ1) is 13.9. The fourth-order valence-electron chi connectivity index (χ4n) is 2.32. The zero-order chi connectivity index (χ0) is 14.0. The van der Waals surface area contributed by atoms with Crippen LogP contribution in [0, 0.1) is 5.82 Å². The minimum absolute atomic E-state index is 0.0751. The predicted octanol–water partition coefficient (Wildman–Crippen LogP) is 1.00. The fraction of sp³-hybridized carbons (Fsp3) is 0.538. The third kappa shape index (κ3) is 2.90. The third-order valence-corrected chi connectivity index (χ3v) is 3.17. The number of nitrogens with two attached hydrogens (primary N) is 1. The number of benzene rings is 1. The number of aliphatic hydroxyl groups is 1. The van der Waals surface area contributed by atoms with Crippen LogP contribution in [0.1, 0.15) is 6.92 Å². The Morgan fingerprint density at radius 2 is 2.26 bits per heavy atom. The monoisotopic (exact) mass is 270 g/mol. The summed E-state index contributed by atoms with van der Waals surface area (Å²) in [5.41, 5.74) is 6.35. The van der Waals surface area contributed by atoms with Gasteiger partial charge in [-0.3, -0.25) is 0 Å². The molecule has 0 bridgehead atoms. The van der Waals surface area contributed by atoms with Gasteiger partial charge in [0.25, 0.3) is 0 Å². The molecule has 2 atom stereocenters. The highest BCUT2D eigenvalue weighted by molar-refractivity contribution is 5.63. The number of nitrogen functional groups attached to an aromatic ring is 1. The van der Waals surface area contributed by atoms with E-state index in [9.17, 15) is 9.50 Å². The molecule has 1 aliphatic rings. The summed E-state index contributed by atoms with van der Waals surface area (Å²) >= 11 is 0. The van der Waals surface area contributed by atoms with Crippen molar-refractivity contribution in [3.63, 3.8) is 0 Å². The van der Waals surface area contributed by atoms with Crippen molar-refractivity contribution < 1.29 is 19.0 Å². The molecule has 0 aliphatic carbocycles. The first-order valence-electron chi connectivity index (χ1n) is 6.19. The molecular formula is C13H19FN2O3. The van der Waals surface area contributed by atoms with Crippen molar-refractivity contribution in [1.82, 2.24) is 0 Å². The van der Waals surface area contributed by atoms with Crippen LogP contribution in [0.2, 0.25) is 0 Å². The van der Waals surface area contributed by atoms with Gasteiger partial charge in [0.15, 0.2) is 0 Å². The maximum atomic E-state index is 14.0. The van der Waals surface area contributed by atoms with Crippen LogP contribution in [0.25, 0.3) is 0 Å². The number of hydrogen-bond acceptors (Lipinski definition) is 5. The summed E-state index contributed by atoms with van der Waals surface area (Å²) in [7, 11) is 1.49. The Kier molecular flexibility index (Phi) is 4.11. The van der Waals surface area contributed by atoms with Gasteiger partial charge in [0, 0.05) is 25.2 Å². The van der Waals surface area contributed by atoms with E-state index in [1.165, 1.54) is 13.2 Å². The summed E-state index contributed by atoms with van der Waals surface area (Å²) in [5, 5.41) is 9.20. The normalized spacial score (nSPS) is 23.5. The maximum Gasteiger partial charge on any atom is 0.148 e. The highest BCUT2D eigenvalue weighted by Gasteiger charge is 2.27. The second-order valence-electron chi connectivity index (χ2n) is 4.70. The average molecular weight is 270 g/mol. The lowest BCUT2D eigenvalue weighted by atomic mass is 10.1. The summed E-state index contributed by atoms with van der Waals surface area (Å²) < 4.78 is 24.7. The molecule has 1 aliphatic heterocycles. The molecule has 2 rings (SSSR count). The molecule has 6 heteroatoms. The SMILES string of the molecule is COc1cc(N2CC(C)OC(CO)C2)c(F)cc1N. The van der Waals surface area contributed by atoms with Crippen LogP contribution in [0.5, 0.6) is 5.75 Å². The minimum Gasteiger partial charge on any atom is -0.495 e. The van der Waals surface area contributed by atoms with Gasteiger partial charge < -0.3 is 25.2 Å². The highest BCUT2D eigenvalue weighted by Crippen LogP contribution is 2.32. The Labute approximate surface area is 111 Å². The standard InChI is InChI=1S/C13H19FN2O3/c1-8-5-16(6-9(7-17)19-8)12-4-13(18-2)11(15)3-10(12)14/h3-4,8-9,17H,5-7,15H2,1-2H3. The van der Waals surface area contributed by atoms with E-state index in [0.717, 1.165) is 0 Å². The molecule has 1 heterocycles. The lowest BCUT2D eigenvalue weighted by Gasteiger charge is -2.37. The Morgan fingerprint density at radius 1 is 1.53 bits per heavy atom. The highest BCUT2D eigenvalue weighted by atomic mass is 19.1. The van der Waals surface area contributed by atoms with Gasteiger partial charge >= 0.3 is 0 Å². The number of aliphatic hydroxyl groups excluding tert-OH is 1. The molecule has 3 N–H and O–H groups in total. The number of anilines is 2. The van der Waals surface area contributed by atoms with Crippen LogP contribution in [-0.2, 0) is 4.74 Å². The van der Waals surface area contributed by atoms with Gasteiger partial charge in [-0.05, 0) is 6.92 Å². The van der Waals surface area contributed by atoms with Crippen molar-refractivity contribution in [3.8, 4) is 5.75 Å². The summed E-state index contributed by atoms with van der Waals surface area (Å²) in [6.45, 7) is 2.79. The number of hydrogen-bond donors (Lipinski definition) is 2. The average Bonchev–Trinajstić information content (AvgIpc) is 2.38. The molecule has 2 unspecified atom stereocenters. The van der Waals surface area contributed by atoms with E-state index in [1.807, 2.05) is 11.8 Å². The van der Waals surface area contributed by atoms with E-state index in [0.29, 0.717) is 24.5 Å². The van der Waals surface area contributed by atoms with E-state index in [4.69, 9.17) is 15.2 Å². The Morgan fingerprint density at radius 3 is 2.89 bits per heavy atom. The smallest absolute Gasteiger partial charge is 0.148 e. The Bertz CT molecular complexity index is 456. The predicted molar refractivity (Wildman–Crippen MR) is 71.0 cm³/mol. The van der Waals surface area contributed by atoms with Crippen molar-refractivity contribution in [2.45, 2.75) is 19.1 Å². The van der Waals surface area contributed by atoms with E-state index >= 15 is 0 Å². The van der Waals surface area contributed by atoms with Gasteiger partial charge in [0.05, 0.1) is 37.3 Å². The number of morpholine rings is 1. The molecule has 0 spiro atoms. The number of nitrogens with zero attached hydrogens (tertiary/aromatic N) is 1. The van der Waals surface area contributed by atoms with Crippen LogP contribution in [0.4, 0.5) is 15.8 Å². The molecule has 1 aromatic carbocycles. The lowest BCUT2D eigenvalue weighted by Crippen LogP contribution is -2.48. The van der Waals surface area contributed by atoms with Crippen LogP contribution in [0.15, 0.2) is 12.1 Å². The summed E-state index contributed by atoms with van der Waals surface area (Å²) in [5.74, 6) is 0.0418. The first-order valence-corrected chi connectivity index (χ1v) is 6.19. The zero-order valence-electron chi connectivity index (χ0n) is 11.1. The molecule has 1 fully saturated rings. The molecule has 106 valence electrons. The Balaban J connectivity index is 2.30. The lowest BCUT2D eigenvalue weighted by molar-refractivity contribution is -0.0422. The second-order valence-corrected chi connectivity index (χ2v) is 4.70. The molecule has 19 heavy (non-hydrogen) atoms. The molecular weight excluding hydrogens is 251 g/mol. The second kappa shape index (κ2) is 5.63. The van der Waals surface area contributed by atoms with E-state index in [1.54, 1.807) is 6.07 Å². The molecule has 1 aromatic rings. The van der Waals surface area contributed by atoms with Gasteiger partial charge in [-0.2, -0.15) is 0 Å². The van der Waals surface area contributed by atoms with Crippen LogP contribution in [-0.4, -0.2) is 44.1 Å². The fourth-order valence-corrected chi connectivity index (χ4v) is 2.32. The van der Waals surface area contributed by atoms with Gasteiger partial charge in [-0.25, -0.2) is 4.39 Å². The van der Waals surface area contributed by atoms with Crippen molar-refractivity contribution in [2.75, 3.05) is 37.4 Å². The molecule has 0 radical (unpaired) electrons. The number of halogens is 1. The van der Waals surface area contributed by atoms with Crippen molar-refractivity contribution >= 4 is 11.4 Å². The Hall–Kier alpha value is -1.53. The quantitative estimate of drug-likeness (QED) is 0.802. The number of rotatable bonds is 3. The van der Waals surface area contributed by atoms with Crippen LogP contribution < -0.4 is 15.4 Å². The molecule has 0 saturated carbocycles. The van der Waals surface area contributed by atoms with Gasteiger partial charge in [0.2, 0.25) is 0 Å². The van der Waals surface area contributed by atoms with Gasteiger partial charge in [-0.15, -0.1) is 0 Å². The maximum absolute atomic E-state index is 14.0. The summed E-state index contributed by atoms with van der Waals surface area (Å²) in [4.78, 5) is 1.84. The molecule has 5 nitrogen and oxygen atoms in total. The largest absolute Gasteiger partial charge is 0.495 e. The zero-order valence-corrected chi connectivity index (χ0v) is 11.1.